The van der Waals surface area contributed by atoms with Gasteiger partial charge in [-0.15, -0.1) is 0 Å². The summed E-state index contributed by atoms with van der Waals surface area (Å²) in [4.78, 5) is 47.3. The van der Waals surface area contributed by atoms with Crippen molar-refractivity contribution in [2.24, 2.45) is 0 Å². The Hall–Kier alpha value is -6.18. The first-order valence-corrected chi connectivity index (χ1v) is 15.5. The fourth-order valence-corrected chi connectivity index (χ4v) is 3.79. The second-order valence-corrected chi connectivity index (χ2v) is 10.00. The largest absolute Gasteiger partial charge is 0.490 e. The Labute approximate surface area is 289 Å². The molecule has 50 heavy (non-hydrogen) atoms. The lowest BCUT2D eigenvalue weighted by molar-refractivity contribution is -0.138. The zero-order valence-corrected chi connectivity index (χ0v) is 27.4. The maximum atomic E-state index is 12.4. The van der Waals surface area contributed by atoms with Gasteiger partial charge in [0.1, 0.15) is 62.6 Å². The monoisotopic (exact) mass is 692 g/mol. The van der Waals surface area contributed by atoms with Gasteiger partial charge in [0.05, 0.1) is 13.1 Å². The molecule has 14 heteroatoms. The van der Waals surface area contributed by atoms with Gasteiger partial charge in [0.15, 0.2) is 12.2 Å². The Morgan fingerprint density at radius 3 is 1.28 bits per heavy atom. The van der Waals surface area contributed by atoms with Gasteiger partial charge < -0.3 is 48.5 Å². The van der Waals surface area contributed by atoms with Crippen molar-refractivity contribution in [3.8, 4) is 23.0 Å². The molecule has 0 aliphatic heterocycles. The molecule has 0 saturated heterocycles. The molecule has 266 valence electrons. The number of carbonyl (C=O) groups is 4. The smallest absolute Gasteiger partial charge is 0.407 e. The number of rotatable bonds is 22. The number of hydrogen-bond donors (Lipinski definition) is 2. The highest BCUT2D eigenvalue weighted by Crippen LogP contribution is 2.21. The predicted octanol–water partition coefficient (Wildman–Crippen LogP) is 4.25. The van der Waals surface area contributed by atoms with Gasteiger partial charge in [-0.25, -0.2) is 19.2 Å². The highest BCUT2D eigenvalue weighted by molar-refractivity contribution is 5.81. The Kier molecular flexibility index (Phi) is 17.1. The van der Waals surface area contributed by atoms with Crippen LogP contribution in [0.25, 0.3) is 0 Å². The van der Waals surface area contributed by atoms with Crippen LogP contribution in [0.4, 0.5) is 9.59 Å². The number of hydrogen-bond acceptors (Lipinski definition) is 12. The van der Waals surface area contributed by atoms with Gasteiger partial charge in [0, 0.05) is 18.2 Å². The van der Waals surface area contributed by atoms with Crippen molar-refractivity contribution in [1.29, 1.82) is 0 Å². The van der Waals surface area contributed by atoms with Gasteiger partial charge in [-0.1, -0.05) is 55.6 Å². The number of ether oxygens (including phenoxy) is 8. The third-order valence-electron chi connectivity index (χ3n) is 6.15. The van der Waals surface area contributed by atoms with Crippen molar-refractivity contribution in [3.05, 3.63) is 110 Å². The van der Waals surface area contributed by atoms with Gasteiger partial charge in [0.2, 0.25) is 0 Å². The van der Waals surface area contributed by atoms with Crippen molar-refractivity contribution in [3.63, 3.8) is 0 Å². The van der Waals surface area contributed by atoms with E-state index < -0.39 is 36.3 Å². The van der Waals surface area contributed by atoms with Gasteiger partial charge in [-0.2, -0.15) is 0 Å². The SMILES string of the molecule is C=CC(=O)OCCNC(=O)OC(COc1ccccc1)COc1cccc(OCC(COc2ccccc2)OC(=O)NCCOC(=O)C=C)c1. The minimum Gasteiger partial charge on any atom is -0.490 e. The van der Waals surface area contributed by atoms with Crippen LogP contribution in [0.1, 0.15) is 0 Å². The Morgan fingerprint density at radius 1 is 0.540 bits per heavy atom. The van der Waals surface area contributed by atoms with E-state index in [-0.39, 0.29) is 52.7 Å². The number of alkyl carbamates (subject to hydrolysis) is 2. The van der Waals surface area contributed by atoms with E-state index in [1.54, 1.807) is 48.5 Å². The van der Waals surface area contributed by atoms with E-state index in [0.717, 1.165) is 12.2 Å². The molecule has 3 aromatic rings. The molecule has 2 unspecified atom stereocenters. The topological polar surface area (TPSA) is 166 Å². The van der Waals surface area contributed by atoms with Crippen molar-refractivity contribution < 1.29 is 57.1 Å². The number of esters is 2. The van der Waals surface area contributed by atoms with Crippen molar-refractivity contribution in [2.45, 2.75) is 12.2 Å². The van der Waals surface area contributed by atoms with Crippen LogP contribution < -0.4 is 29.6 Å². The second kappa shape index (κ2) is 22.4. The number of nitrogens with one attached hydrogen (secondary N) is 2. The van der Waals surface area contributed by atoms with Crippen LogP contribution in [-0.4, -0.2) is 89.1 Å². The van der Waals surface area contributed by atoms with E-state index in [2.05, 4.69) is 23.8 Å². The summed E-state index contributed by atoms with van der Waals surface area (Å²) in [6.07, 6.45) is -1.13. The van der Waals surface area contributed by atoms with Crippen LogP contribution >= 0.6 is 0 Å². The predicted molar refractivity (Wildman–Crippen MR) is 180 cm³/mol. The van der Waals surface area contributed by atoms with E-state index in [9.17, 15) is 19.2 Å². The lowest BCUT2D eigenvalue weighted by Gasteiger charge is -2.20. The molecular formula is C36H40N2O12. The number of benzene rings is 3. The van der Waals surface area contributed by atoms with Crippen LogP contribution in [0.5, 0.6) is 23.0 Å². The van der Waals surface area contributed by atoms with Crippen LogP contribution in [0.3, 0.4) is 0 Å². The quantitative estimate of drug-likeness (QED) is 0.0667. The molecule has 2 N–H and O–H groups in total. The van der Waals surface area contributed by atoms with Crippen molar-refractivity contribution in [2.75, 3.05) is 52.7 Å². The molecule has 0 heterocycles. The summed E-state index contributed by atoms with van der Waals surface area (Å²) in [7, 11) is 0. The highest BCUT2D eigenvalue weighted by Gasteiger charge is 2.19. The maximum absolute atomic E-state index is 12.4. The van der Waals surface area contributed by atoms with E-state index in [0.29, 0.717) is 23.0 Å². The summed E-state index contributed by atoms with van der Waals surface area (Å²) >= 11 is 0. The average molecular weight is 693 g/mol. The van der Waals surface area contributed by atoms with Gasteiger partial charge in [-0.3, -0.25) is 0 Å². The zero-order chi connectivity index (χ0) is 35.8. The third kappa shape index (κ3) is 16.1. The Bertz CT molecular complexity index is 1390. The highest BCUT2D eigenvalue weighted by atomic mass is 16.6. The summed E-state index contributed by atoms with van der Waals surface area (Å²) in [5.41, 5.74) is 0. The molecule has 3 aromatic carbocycles. The summed E-state index contributed by atoms with van der Waals surface area (Å²) in [5, 5.41) is 5.01. The average Bonchev–Trinajstić information content (AvgIpc) is 3.14. The molecule has 0 aliphatic rings. The normalized spacial score (nSPS) is 11.4. The molecule has 14 nitrogen and oxygen atoms in total. The lowest BCUT2D eigenvalue weighted by Crippen LogP contribution is -2.37. The molecular weight excluding hydrogens is 652 g/mol. The molecule has 2 atom stereocenters. The molecule has 0 spiro atoms. The minimum atomic E-state index is -0.831. The van der Waals surface area contributed by atoms with E-state index in [1.165, 1.54) is 0 Å². The number of amides is 2. The summed E-state index contributed by atoms with van der Waals surface area (Å²) in [6, 6.07) is 24.7. The maximum Gasteiger partial charge on any atom is 0.407 e. The van der Waals surface area contributed by atoms with Crippen molar-refractivity contribution in [1.82, 2.24) is 10.6 Å². The first-order chi connectivity index (χ1) is 24.3. The Morgan fingerprint density at radius 2 is 0.900 bits per heavy atom. The van der Waals surface area contributed by atoms with Gasteiger partial charge in [-0.05, 0) is 36.4 Å². The first-order valence-electron chi connectivity index (χ1n) is 15.5. The van der Waals surface area contributed by atoms with Crippen LogP contribution in [0.15, 0.2) is 110 Å². The van der Waals surface area contributed by atoms with Crippen molar-refractivity contribution >= 4 is 24.1 Å². The summed E-state index contributed by atoms with van der Waals surface area (Å²) < 4.78 is 44.1. The standard InChI is InChI=1S/C36H40N2O12/c1-3-33(39)43-20-18-37-35(41)49-31(23-45-27-12-7-5-8-13-27)25-47-29-16-11-17-30(22-29)48-26-32(24-46-28-14-9-6-10-15-28)50-36(42)38-19-21-44-34(40)4-2/h3-17,22,31-32H,1-2,18-21,23-26H2,(H,37,41)(H,38,42). The van der Waals surface area contributed by atoms with Crippen LogP contribution in [0.2, 0.25) is 0 Å². The Balaban J connectivity index is 1.56. The lowest BCUT2D eigenvalue weighted by atomic mass is 10.3. The molecule has 0 aromatic heterocycles. The summed E-state index contributed by atoms with van der Waals surface area (Å²) in [5.74, 6) is 0.735. The van der Waals surface area contributed by atoms with Crippen LogP contribution in [-0.2, 0) is 28.5 Å². The third-order valence-corrected chi connectivity index (χ3v) is 6.15. The summed E-state index contributed by atoms with van der Waals surface area (Å²) in [6.45, 7) is 6.38. The molecule has 0 radical (unpaired) electrons. The fourth-order valence-electron chi connectivity index (χ4n) is 3.79. The number of carbonyl (C=O) groups excluding carboxylic acids is 4. The fraction of sp³-hybridized carbons (Fsp3) is 0.278. The molecule has 0 saturated carbocycles. The molecule has 0 fully saturated rings. The second-order valence-electron chi connectivity index (χ2n) is 10.00. The van der Waals surface area contributed by atoms with Gasteiger partial charge in [0.25, 0.3) is 0 Å². The van der Waals surface area contributed by atoms with E-state index in [4.69, 9.17) is 37.9 Å². The molecule has 2 amide bonds. The number of para-hydroxylation sites is 2. The van der Waals surface area contributed by atoms with Gasteiger partial charge >= 0.3 is 24.1 Å². The van der Waals surface area contributed by atoms with E-state index >= 15 is 0 Å². The molecule has 3 rings (SSSR count). The molecule has 0 aliphatic carbocycles. The first kappa shape index (κ1) is 38.3. The molecule has 0 bridgehead atoms. The van der Waals surface area contributed by atoms with Crippen LogP contribution in [0, 0.1) is 0 Å². The van der Waals surface area contributed by atoms with E-state index in [1.807, 2.05) is 36.4 Å². The minimum absolute atomic E-state index is 0.0156. The zero-order valence-electron chi connectivity index (χ0n) is 27.4.